The molecule has 176 valence electrons. The zero-order chi connectivity index (χ0) is 24.6. The molecule has 34 heavy (non-hydrogen) atoms. The Morgan fingerprint density at radius 1 is 0.882 bits per heavy atom. The number of hydrogen-bond donors (Lipinski definition) is 1. The van der Waals surface area contributed by atoms with Crippen molar-refractivity contribution in [2.45, 2.75) is 45.4 Å². The fourth-order valence-corrected chi connectivity index (χ4v) is 3.33. The molecule has 3 rings (SSSR count). The van der Waals surface area contributed by atoms with E-state index in [0.717, 1.165) is 28.5 Å². The maximum atomic E-state index is 12.9. The maximum absolute atomic E-state index is 12.9. The highest BCUT2D eigenvalue weighted by Gasteiger charge is 2.26. The Morgan fingerprint density at radius 3 is 2.24 bits per heavy atom. The molecule has 0 aliphatic carbocycles. The van der Waals surface area contributed by atoms with Gasteiger partial charge in [0.25, 0.3) is 0 Å². The number of carbonyl (C=O) groups excluding carboxylic acids is 3. The molecule has 6 nitrogen and oxygen atoms in total. The van der Waals surface area contributed by atoms with Crippen molar-refractivity contribution >= 4 is 18.3 Å². The molecule has 0 radical (unpaired) electrons. The lowest BCUT2D eigenvalue weighted by molar-refractivity contribution is -0.147. The highest BCUT2D eigenvalue weighted by Crippen LogP contribution is 2.21. The van der Waals surface area contributed by atoms with Crippen molar-refractivity contribution in [1.29, 1.82) is 0 Å². The van der Waals surface area contributed by atoms with Crippen LogP contribution in [0.3, 0.4) is 0 Å². The molecule has 0 aliphatic heterocycles. The number of alkyl carbamates (subject to hydrolysis) is 1. The molecule has 6 heteroatoms. The normalized spacial score (nSPS) is 11.9. The summed E-state index contributed by atoms with van der Waals surface area (Å²) in [5.74, 6) is -0.544. The molecule has 1 amide bonds. The first kappa shape index (κ1) is 24.7. The Kier molecular flexibility index (Phi) is 8.19. The van der Waals surface area contributed by atoms with E-state index in [4.69, 9.17) is 9.47 Å². The Bertz CT molecular complexity index is 1120. The minimum atomic E-state index is -0.914. The van der Waals surface area contributed by atoms with E-state index in [1.807, 2.05) is 72.8 Å². The number of benzene rings is 3. The van der Waals surface area contributed by atoms with Gasteiger partial charge in [-0.05, 0) is 49.1 Å². The number of carbonyl (C=O) groups is 3. The first-order valence-electron chi connectivity index (χ1n) is 11.1. The second-order valence-corrected chi connectivity index (χ2v) is 8.94. The van der Waals surface area contributed by atoms with Crippen LogP contribution < -0.4 is 5.32 Å². The SMILES string of the molecule is CC(C)(C)OC(=O)NC(Cc1ccc(-c2cccc(C=O)c2)cc1)C(=O)OCc1ccccc1. The number of ether oxygens (including phenoxy) is 2. The topological polar surface area (TPSA) is 81.7 Å². The van der Waals surface area contributed by atoms with Crippen molar-refractivity contribution in [2.75, 3.05) is 0 Å². The molecule has 0 spiro atoms. The summed E-state index contributed by atoms with van der Waals surface area (Å²) in [7, 11) is 0. The zero-order valence-corrected chi connectivity index (χ0v) is 19.6. The standard InChI is InChI=1S/C28H29NO5/c1-28(2,3)34-27(32)29-25(26(31)33-19-21-8-5-4-6-9-21)17-20-12-14-23(15-13-20)24-11-7-10-22(16-24)18-30/h4-16,18,25H,17,19H2,1-3H3,(H,29,32). The Morgan fingerprint density at radius 2 is 1.59 bits per heavy atom. The quantitative estimate of drug-likeness (QED) is 0.363. The van der Waals surface area contributed by atoms with E-state index in [1.54, 1.807) is 26.8 Å². The number of rotatable bonds is 8. The number of hydrogen-bond acceptors (Lipinski definition) is 5. The lowest BCUT2D eigenvalue weighted by Gasteiger charge is -2.23. The van der Waals surface area contributed by atoms with Crippen LogP contribution in [0.2, 0.25) is 0 Å². The summed E-state index contributed by atoms with van der Waals surface area (Å²) in [5, 5.41) is 2.64. The van der Waals surface area contributed by atoms with Gasteiger partial charge in [0.15, 0.2) is 0 Å². The Labute approximate surface area is 199 Å². The van der Waals surface area contributed by atoms with Gasteiger partial charge < -0.3 is 14.8 Å². The van der Waals surface area contributed by atoms with Gasteiger partial charge in [-0.15, -0.1) is 0 Å². The molecule has 0 heterocycles. The minimum absolute atomic E-state index is 0.109. The van der Waals surface area contributed by atoms with Crippen LogP contribution in [0.1, 0.15) is 42.3 Å². The van der Waals surface area contributed by atoms with E-state index in [2.05, 4.69) is 5.32 Å². The van der Waals surface area contributed by atoms with E-state index in [9.17, 15) is 14.4 Å². The highest BCUT2D eigenvalue weighted by atomic mass is 16.6. The van der Waals surface area contributed by atoms with Crippen molar-refractivity contribution in [3.63, 3.8) is 0 Å². The Hall–Kier alpha value is -3.93. The van der Waals surface area contributed by atoms with Crippen LogP contribution in [0.25, 0.3) is 11.1 Å². The maximum Gasteiger partial charge on any atom is 0.408 e. The first-order chi connectivity index (χ1) is 16.2. The summed E-state index contributed by atoms with van der Waals surface area (Å²) >= 11 is 0. The lowest BCUT2D eigenvalue weighted by Crippen LogP contribution is -2.45. The second kappa shape index (κ2) is 11.3. The van der Waals surface area contributed by atoms with Crippen molar-refractivity contribution in [3.05, 3.63) is 95.6 Å². The molecule has 3 aromatic rings. The van der Waals surface area contributed by atoms with Gasteiger partial charge in [0.2, 0.25) is 0 Å². The zero-order valence-electron chi connectivity index (χ0n) is 19.6. The Balaban J connectivity index is 1.73. The third-order valence-electron chi connectivity index (χ3n) is 4.95. The predicted octanol–water partition coefficient (Wildman–Crippen LogP) is 5.35. The molecule has 0 aliphatic rings. The van der Waals surface area contributed by atoms with E-state index in [-0.39, 0.29) is 13.0 Å². The van der Waals surface area contributed by atoms with Gasteiger partial charge in [0.05, 0.1) is 0 Å². The van der Waals surface area contributed by atoms with E-state index in [0.29, 0.717) is 5.56 Å². The average molecular weight is 460 g/mol. The summed E-state index contributed by atoms with van der Waals surface area (Å²) in [6.07, 6.45) is 0.365. The molecular weight excluding hydrogens is 430 g/mol. The molecule has 3 aromatic carbocycles. The lowest BCUT2D eigenvalue weighted by atomic mass is 9.99. The van der Waals surface area contributed by atoms with Crippen LogP contribution >= 0.6 is 0 Å². The molecule has 0 fully saturated rings. The largest absolute Gasteiger partial charge is 0.459 e. The van der Waals surface area contributed by atoms with Gasteiger partial charge in [0, 0.05) is 12.0 Å². The monoisotopic (exact) mass is 459 g/mol. The van der Waals surface area contributed by atoms with Crippen molar-refractivity contribution in [1.82, 2.24) is 5.32 Å². The van der Waals surface area contributed by atoms with Crippen molar-refractivity contribution in [3.8, 4) is 11.1 Å². The summed E-state index contributed by atoms with van der Waals surface area (Å²) < 4.78 is 10.8. The second-order valence-electron chi connectivity index (χ2n) is 8.94. The van der Waals surface area contributed by atoms with Gasteiger partial charge in [-0.25, -0.2) is 9.59 Å². The van der Waals surface area contributed by atoms with E-state index >= 15 is 0 Å². The third kappa shape index (κ3) is 7.59. The summed E-state index contributed by atoms with van der Waals surface area (Å²) in [6.45, 7) is 5.38. The fourth-order valence-electron chi connectivity index (χ4n) is 3.33. The van der Waals surface area contributed by atoms with Crippen LogP contribution in [0.4, 0.5) is 4.79 Å². The van der Waals surface area contributed by atoms with Crippen LogP contribution in [-0.4, -0.2) is 30.0 Å². The number of aldehydes is 1. The fraction of sp³-hybridized carbons (Fsp3) is 0.250. The molecular formula is C28H29NO5. The van der Waals surface area contributed by atoms with Gasteiger partial charge >= 0.3 is 12.1 Å². The van der Waals surface area contributed by atoms with Gasteiger partial charge in [-0.2, -0.15) is 0 Å². The molecule has 0 saturated carbocycles. The van der Waals surface area contributed by atoms with Crippen LogP contribution in [0.5, 0.6) is 0 Å². The van der Waals surface area contributed by atoms with Crippen molar-refractivity contribution in [2.24, 2.45) is 0 Å². The van der Waals surface area contributed by atoms with Crippen molar-refractivity contribution < 1.29 is 23.9 Å². The predicted molar refractivity (Wildman–Crippen MR) is 130 cm³/mol. The summed E-state index contributed by atoms with van der Waals surface area (Å²) in [6, 6.07) is 23.4. The summed E-state index contributed by atoms with van der Waals surface area (Å²) in [5.41, 5.74) is 3.46. The number of nitrogens with one attached hydrogen (secondary N) is 1. The molecule has 1 atom stereocenters. The van der Waals surface area contributed by atoms with Crippen LogP contribution in [-0.2, 0) is 27.3 Å². The van der Waals surface area contributed by atoms with Gasteiger partial charge in [-0.3, -0.25) is 4.79 Å². The molecule has 0 bridgehead atoms. The van der Waals surface area contributed by atoms with Crippen LogP contribution in [0, 0.1) is 0 Å². The van der Waals surface area contributed by atoms with E-state index in [1.165, 1.54) is 0 Å². The van der Waals surface area contributed by atoms with Crippen LogP contribution in [0.15, 0.2) is 78.9 Å². The van der Waals surface area contributed by atoms with Gasteiger partial charge in [0.1, 0.15) is 24.5 Å². The average Bonchev–Trinajstić information content (AvgIpc) is 2.82. The van der Waals surface area contributed by atoms with Gasteiger partial charge in [-0.1, -0.05) is 72.8 Å². The molecule has 0 aromatic heterocycles. The molecule has 1 N–H and O–H groups in total. The first-order valence-corrected chi connectivity index (χ1v) is 11.1. The third-order valence-corrected chi connectivity index (χ3v) is 4.95. The number of esters is 1. The smallest absolute Gasteiger partial charge is 0.408 e. The molecule has 1 unspecified atom stereocenters. The van der Waals surface area contributed by atoms with E-state index < -0.39 is 23.7 Å². The summed E-state index contributed by atoms with van der Waals surface area (Å²) in [4.78, 5) is 36.3. The number of amides is 1. The highest BCUT2D eigenvalue weighted by molar-refractivity contribution is 5.82. The molecule has 0 saturated heterocycles. The minimum Gasteiger partial charge on any atom is -0.459 e.